The summed E-state index contributed by atoms with van der Waals surface area (Å²) in [5.74, 6) is -3.14. The highest BCUT2D eigenvalue weighted by molar-refractivity contribution is 6.31. The molecular formula is C19H19ClF2N2O2. The third-order valence-electron chi connectivity index (χ3n) is 4.59. The van der Waals surface area contributed by atoms with Gasteiger partial charge in [-0.2, -0.15) is 5.26 Å². The monoisotopic (exact) mass is 380 g/mol. The molecule has 1 aromatic carbocycles. The van der Waals surface area contributed by atoms with Crippen molar-refractivity contribution < 1.29 is 18.4 Å². The van der Waals surface area contributed by atoms with Gasteiger partial charge in [-0.05, 0) is 30.9 Å². The second-order valence-electron chi connectivity index (χ2n) is 7.10. The van der Waals surface area contributed by atoms with Crippen LogP contribution in [0.2, 0.25) is 5.02 Å². The van der Waals surface area contributed by atoms with E-state index < -0.39 is 28.5 Å². The summed E-state index contributed by atoms with van der Waals surface area (Å²) in [4.78, 5) is 25.7. The number of nitriles is 1. The Labute approximate surface area is 156 Å². The highest BCUT2D eigenvalue weighted by Gasteiger charge is 2.37. The summed E-state index contributed by atoms with van der Waals surface area (Å²) in [7, 11) is 1.44. The van der Waals surface area contributed by atoms with Gasteiger partial charge in [0, 0.05) is 19.0 Å². The van der Waals surface area contributed by atoms with Gasteiger partial charge in [-0.1, -0.05) is 31.5 Å². The van der Waals surface area contributed by atoms with Crippen LogP contribution in [0.1, 0.15) is 37.0 Å². The summed E-state index contributed by atoms with van der Waals surface area (Å²) in [6.45, 7) is 3.77. The molecule has 1 aromatic rings. The second kappa shape index (κ2) is 7.55. The number of amides is 1. The van der Waals surface area contributed by atoms with E-state index in [9.17, 15) is 18.4 Å². The third kappa shape index (κ3) is 3.94. The van der Waals surface area contributed by atoms with Crippen molar-refractivity contribution in [3.8, 4) is 6.07 Å². The van der Waals surface area contributed by atoms with Crippen molar-refractivity contribution in [1.29, 1.82) is 5.26 Å². The first-order valence-electron chi connectivity index (χ1n) is 8.14. The summed E-state index contributed by atoms with van der Waals surface area (Å²) in [5.41, 5.74) is -1.22. The number of Topliss-reactive ketones (excluding diaryl/α,β-unsaturated/α-hetero) is 1. The van der Waals surface area contributed by atoms with Gasteiger partial charge < -0.3 is 4.90 Å². The molecule has 0 saturated carbocycles. The number of hydrogen-bond donors (Lipinski definition) is 0. The summed E-state index contributed by atoms with van der Waals surface area (Å²) < 4.78 is 27.9. The Morgan fingerprint density at radius 2 is 2.08 bits per heavy atom. The van der Waals surface area contributed by atoms with Gasteiger partial charge in [0.1, 0.15) is 17.4 Å². The fraction of sp³-hybridized carbons (Fsp3) is 0.421. The lowest BCUT2D eigenvalue weighted by molar-refractivity contribution is -0.124. The predicted molar refractivity (Wildman–Crippen MR) is 93.5 cm³/mol. The van der Waals surface area contributed by atoms with Crippen LogP contribution in [0.25, 0.3) is 0 Å². The van der Waals surface area contributed by atoms with Crippen molar-refractivity contribution in [2.45, 2.75) is 26.7 Å². The van der Waals surface area contributed by atoms with Gasteiger partial charge in [0.05, 0.1) is 10.6 Å². The van der Waals surface area contributed by atoms with Crippen LogP contribution >= 0.6 is 11.6 Å². The first kappa shape index (κ1) is 20.1. The van der Waals surface area contributed by atoms with Gasteiger partial charge in [-0.15, -0.1) is 0 Å². The van der Waals surface area contributed by atoms with Crippen LogP contribution in [0, 0.1) is 34.3 Å². The molecule has 0 aromatic heterocycles. The highest BCUT2D eigenvalue weighted by Crippen LogP contribution is 2.36. The maximum absolute atomic E-state index is 14.0. The van der Waals surface area contributed by atoms with Crippen molar-refractivity contribution in [1.82, 2.24) is 4.90 Å². The van der Waals surface area contributed by atoms with Crippen LogP contribution in [0.5, 0.6) is 0 Å². The SMILES string of the molecule is CN(CC[C@@H]1C=C(C#N)C(=O)C(C)(C)C1)C(=O)c1c(F)ccc(Cl)c1F. The number of carbonyl (C=O) groups is 2. The quantitative estimate of drug-likeness (QED) is 0.737. The Balaban J connectivity index is 2.12. The minimum Gasteiger partial charge on any atom is -0.342 e. The van der Waals surface area contributed by atoms with Gasteiger partial charge in [0.25, 0.3) is 5.91 Å². The molecule has 0 spiro atoms. The summed E-state index contributed by atoms with van der Waals surface area (Å²) in [5, 5.41) is 8.79. The van der Waals surface area contributed by atoms with Crippen LogP contribution in [-0.2, 0) is 4.79 Å². The molecule has 1 aliphatic rings. The van der Waals surface area contributed by atoms with Crippen molar-refractivity contribution in [3.63, 3.8) is 0 Å². The normalized spacial score (nSPS) is 18.9. The molecule has 1 atom stereocenters. The molecule has 0 saturated heterocycles. The van der Waals surface area contributed by atoms with Gasteiger partial charge in [-0.25, -0.2) is 8.78 Å². The Hall–Kier alpha value is -2.26. The standard InChI is InChI=1S/C19H19ClF2N2O2/c1-19(2)9-11(8-12(10-23)17(19)25)6-7-24(3)18(26)15-14(21)5-4-13(20)16(15)22/h4-5,8,11H,6-7,9H2,1-3H3/t11-/m1/s1. The molecule has 2 rings (SSSR count). The highest BCUT2D eigenvalue weighted by atomic mass is 35.5. The van der Waals surface area contributed by atoms with Crippen LogP contribution in [-0.4, -0.2) is 30.2 Å². The summed E-state index contributed by atoms with van der Waals surface area (Å²) in [6, 6.07) is 3.92. The molecule has 0 radical (unpaired) electrons. The van der Waals surface area contributed by atoms with E-state index in [2.05, 4.69) is 0 Å². The van der Waals surface area contributed by atoms with Crippen LogP contribution in [0.3, 0.4) is 0 Å². The van der Waals surface area contributed by atoms with Gasteiger partial charge in [0.15, 0.2) is 11.6 Å². The third-order valence-corrected chi connectivity index (χ3v) is 4.89. The lowest BCUT2D eigenvalue weighted by Crippen LogP contribution is -2.35. The Morgan fingerprint density at radius 3 is 2.69 bits per heavy atom. The van der Waals surface area contributed by atoms with Crippen LogP contribution < -0.4 is 0 Å². The van der Waals surface area contributed by atoms with E-state index in [1.54, 1.807) is 19.9 Å². The zero-order valence-electron chi connectivity index (χ0n) is 14.8. The molecule has 0 N–H and O–H groups in total. The van der Waals surface area contributed by atoms with Gasteiger partial charge >= 0.3 is 0 Å². The molecule has 0 heterocycles. The fourth-order valence-corrected chi connectivity index (χ4v) is 3.29. The molecule has 0 aliphatic heterocycles. The van der Waals surface area contributed by atoms with E-state index in [4.69, 9.17) is 16.9 Å². The smallest absolute Gasteiger partial charge is 0.259 e. The summed E-state index contributed by atoms with van der Waals surface area (Å²) >= 11 is 5.63. The first-order chi connectivity index (χ1) is 12.1. The number of hydrogen-bond acceptors (Lipinski definition) is 3. The molecular weight excluding hydrogens is 362 g/mol. The number of allylic oxidation sites excluding steroid dienone is 2. The molecule has 1 aliphatic carbocycles. The topological polar surface area (TPSA) is 61.2 Å². The number of benzene rings is 1. The number of carbonyl (C=O) groups excluding carboxylic acids is 2. The van der Waals surface area contributed by atoms with Crippen molar-refractivity contribution >= 4 is 23.3 Å². The number of nitrogens with zero attached hydrogens (tertiary/aromatic N) is 2. The summed E-state index contributed by atoms with van der Waals surface area (Å²) in [6.07, 6.45) is 2.62. The molecule has 0 fully saturated rings. The number of ketones is 1. The van der Waals surface area contributed by atoms with E-state index in [1.165, 1.54) is 11.9 Å². The largest absolute Gasteiger partial charge is 0.342 e. The Bertz CT molecular complexity index is 828. The van der Waals surface area contributed by atoms with E-state index in [1.807, 2.05) is 6.07 Å². The minimum absolute atomic E-state index is 0.0818. The zero-order chi connectivity index (χ0) is 19.6. The predicted octanol–water partition coefficient (Wildman–Crippen LogP) is 4.15. The molecule has 0 unspecified atom stereocenters. The molecule has 138 valence electrons. The maximum Gasteiger partial charge on any atom is 0.259 e. The maximum atomic E-state index is 14.0. The van der Waals surface area contributed by atoms with Crippen LogP contribution in [0.15, 0.2) is 23.8 Å². The van der Waals surface area contributed by atoms with Gasteiger partial charge in [0.2, 0.25) is 0 Å². The van der Waals surface area contributed by atoms with E-state index in [-0.39, 0.29) is 28.8 Å². The molecule has 7 heteroatoms. The average molecular weight is 381 g/mol. The van der Waals surface area contributed by atoms with Gasteiger partial charge in [-0.3, -0.25) is 9.59 Å². The van der Waals surface area contributed by atoms with Crippen molar-refractivity contribution in [3.05, 3.63) is 46.0 Å². The lowest BCUT2D eigenvalue weighted by Gasteiger charge is -2.32. The second-order valence-corrected chi connectivity index (χ2v) is 7.51. The Morgan fingerprint density at radius 1 is 1.42 bits per heavy atom. The zero-order valence-corrected chi connectivity index (χ0v) is 15.5. The van der Waals surface area contributed by atoms with Crippen molar-refractivity contribution in [2.24, 2.45) is 11.3 Å². The van der Waals surface area contributed by atoms with E-state index in [0.717, 1.165) is 12.1 Å². The van der Waals surface area contributed by atoms with E-state index >= 15 is 0 Å². The van der Waals surface area contributed by atoms with Crippen LogP contribution in [0.4, 0.5) is 8.78 Å². The number of halogens is 3. The molecule has 4 nitrogen and oxygen atoms in total. The molecule has 0 bridgehead atoms. The molecule has 1 amide bonds. The average Bonchev–Trinajstić information content (AvgIpc) is 2.58. The minimum atomic E-state index is -1.08. The number of rotatable bonds is 4. The lowest BCUT2D eigenvalue weighted by atomic mass is 9.71. The van der Waals surface area contributed by atoms with E-state index in [0.29, 0.717) is 12.8 Å². The van der Waals surface area contributed by atoms with Crippen molar-refractivity contribution in [2.75, 3.05) is 13.6 Å². The fourth-order valence-electron chi connectivity index (χ4n) is 3.13. The Kier molecular flexibility index (Phi) is 5.82. The first-order valence-corrected chi connectivity index (χ1v) is 8.52. The molecule has 26 heavy (non-hydrogen) atoms.